The first kappa shape index (κ1) is 12.6. The van der Waals surface area contributed by atoms with E-state index in [9.17, 15) is 8.42 Å². The monoisotopic (exact) mass is 248 g/mol. The molecule has 2 unspecified atom stereocenters. The van der Waals surface area contributed by atoms with E-state index < -0.39 is 15.1 Å². The van der Waals surface area contributed by atoms with Crippen LogP contribution in [0.2, 0.25) is 0 Å². The van der Waals surface area contributed by atoms with Crippen LogP contribution in [0.1, 0.15) is 23.4 Å². The number of aryl methyl sites for hydroxylation is 1. The van der Waals surface area contributed by atoms with Crippen molar-refractivity contribution >= 4 is 21.2 Å². The van der Waals surface area contributed by atoms with Gasteiger partial charge in [-0.1, -0.05) is 0 Å². The molecule has 0 fully saturated rings. The minimum absolute atomic E-state index is 0.343. The molecule has 86 valence electrons. The SMILES string of the molecule is Cc1cc(C(NN)C(C)S(C)(=O)=O)cs1. The highest BCUT2D eigenvalue weighted by atomic mass is 32.2. The number of thiophene rings is 1. The quantitative estimate of drug-likeness (QED) is 0.616. The molecule has 0 saturated carbocycles. The zero-order valence-corrected chi connectivity index (χ0v) is 10.7. The molecule has 0 aliphatic rings. The number of hydrogen-bond donors (Lipinski definition) is 2. The number of nitrogens with one attached hydrogen (secondary N) is 1. The van der Waals surface area contributed by atoms with E-state index in [2.05, 4.69) is 5.43 Å². The van der Waals surface area contributed by atoms with Gasteiger partial charge in [0.25, 0.3) is 0 Å². The van der Waals surface area contributed by atoms with Gasteiger partial charge in [-0.25, -0.2) is 8.42 Å². The molecular weight excluding hydrogens is 232 g/mol. The Labute approximate surface area is 94.4 Å². The molecule has 1 aromatic rings. The van der Waals surface area contributed by atoms with Crippen LogP contribution in [0.3, 0.4) is 0 Å². The third kappa shape index (κ3) is 3.01. The molecule has 0 bridgehead atoms. The molecule has 3 N–H and O–H groups in total. The molecule has 1 aromatic heterocycles. The maximum absolute atomic E-state index is 11.4. The molecule has 0 aliphatic heterocycles. The van der Waals surface area contributed by atoms with Crippen LogP contribution in [0.5, 0.6) is 0 Å². The lowest BCUT2D eigenvalue weighted by atomic mass is 10.1. The summed E-state index contributed by atoms with van der Waals surface area (Å²) in [7, 11) is -3.09. The molecule has 1 rings (SSSR count). The van der Waals surface area contributed by atoms with E-state index in [0.717, 1.165) is 10.4 Å². The topological polar surface area (TPSA) is 72.2 Å². The van der Waals surface area contributed by atoms with E-state index in [1.165, 1.54) is 6.26 Å². The third-order valence-electron chi connectivity index (χ3n) is 2.43. The molecule has 0 spiro atoms. The molecule has 0 radical (unpaired) electrons. The predicted molar refractivity (Wildman–Crippen MR) is 63.4 cm³/mol. The average molecular weight is 248 g/mol. The second-order valence-corrected chi connectivity index (χ2v) is 7.19. The van der Waals surface area contributed by atoms with Crippen LogP contribution in [-0.4, -0.2) is 19.9 Å². The fraction of sp³-hybridized carbons (Fsp3) is 0.556. The average Bonchev–Trinajstić information content (AvgIpc) is 2.51. The third-order valence-corrected chi connectivity index (χ3v) is 4.94. The number of hydrazine groups is 1. The molecular formula is C9H16N2O2S2. The van der Waals surface area contributed by atoms with Gasteiger partial charge in [-0.15, -0.1) is 11.3 Å². The lowest BCUT2D eigenvalue weighted by Gasteiger charge is -2.20. The van der Waals surface area contributed by atoms with Crippen LogP contribution in [0, 0.1) is 6.92 Å². The van der Waals surface area contributed by atoms with Gasteiger partial charge in [-0.3, -0.25) is 11.3 Å². The minimum atomic E-state index is -3.09. The van der Waals surface area contributed by atoms with Gasteiger partial charge < -0.3 is 0 Å². The summed E-state index contributed by atoms with van der Waals surface area (Å²) in [6.07, 6.45) is 1.22. The fourth-order valence-electron chi connectivity index (χ4n) is 1.38. The first-order valence-corrected chi connectivity index (χ1v) is 7.39. The molecule has 0 amide bonds. The summed E-state index contributed by atoms with van der Waals surface area (Å²) in [5.41, 5.74) is 3.49. The molecule has 4 nitrogen and oxygen atoms in total. The first-order valence-electron chi connectivity index (χ1n) is 4.56. The largest absolute Gasteiger partial charge is 0.271 e. The summed E-state index contributed by atoms with van der Waals surface area (Å²) in [4.78, 5) is 1.14. The standard InChI is InChI=1S/C9H16N2O2S2/c1-6-4-8(5-14-6)9(11-10)7(2)15(3,12)13/h4-5,7,9,11H,10H2,1-3H3. The van der Waals surface area contributed by atoms with Crippen molar-refractivity contribution in [3.05, 3.63) is 21.9 Å². The van der Waals surface area contributed by atoms with Crippen LogP contribution >= 0.6 is 11.3 Å². The van der Waals surface area contributed by atoms with Gasteiger partial charge in [-0.2, -0.15) is 0 Å². The Bertz CT molecular complexity index is 425. The van der Waals surface area contributed by atoms with E-state index >= 15 is 0 Å². The van der Waals surface area contributed by atoms with Gasteiger partial charge in [0.1, 0.15) is 0 Å². The van der Waals surface area contributed by atoms with Crippen molar-refractivity contribution in [2.75, 3.05) is 6.26 Å². The Hall–Kier alpha value is -0.430. The molecule has 1 heterocycles. The van der Waals surface area contributed by atoms with Gasteiger partial charge in [0.05, 0.1) is 11.3 Å². The highest BCUT2D eigenvalue weighted by Crippen LogP contribution is 2.25. The number of rotatable bonds is 4. The molecule has 0 aromatic carbocycles. The highest BCUT2D eigenvalue weighted by Gasteiger charge is 2.26. The minimum Gasteiger partial charge on any atom is -0.271 e. The molecule has 15 heavy (non-hydrogen) atoms. The number of nitrogens with two attached hydrogens (primary N) is 1. The Morgan fingerprint density at radius 3 is 2.47 bits per heavy atom. The Kier molecular flexibility index (Phi) is 3.88. The van der Waals surface area contributed by atoms with Gasteiger partial charge in [0, 0.05) is 11.1 Å². The summed E-state index contributed by atoms with van der Waals surface area (Å²) >= 11 is 1.59. The normalized spacial score (nSPS) is 16.3. The molecule has 0 aliphatic carbocycles. The number of hydrogen-bond acceptors (Lipinski definition) is 5. The van der Waals surface area contributed by atoms with E-state index in [-0.39, 0.29) is 6.04 Å². The maximum atomic E-state index is 11.4. The summed E-state index contributed by atoms with van der Waals surface area (Å²) in [5, 5.41) is 1.40. The molecule has 0 saturated heterocycles. The van der Waals surface area contributed by atoms with Crippen LogP contribution in [-0.2, 0) is 9.84 Å². The van der Waals surface area contributed by atoms with Crippen LogP contribution < -0.4 is 11.3 Å². The highest BCUT2D eigenvalue weighted by molar-refractivity contribution is 7.91. The van der Waals surface area contributed by atoms with Gasteiger partial charge in [0.2, 0.25) is 0 Å². The first-order chi connectivity index (χ1) is 6.86. The van der Waals surface area contributed by atoms with Gasteiger partial charge in [0.15, 0.2) is 9.84 Å². The lowest BCUT2D eigenvalue weighted by molar-refractivity contribution is 0.514. The van der Waals surface area contributed by atoms with Crippen molar-refractivity contribution in [3.8, 4) is 0 Å². The number of sulfone groups is 1. The van der Waals surface area contributed by atoms with Crippen molar-refractivity contribution in [1.82, 2.24) is 5.43 Å². The summed E-state index contributed by atoms with van der Waals surface area (Å²) < 4.78 is 22.8. The van der Waals surface area contributed by atoms with Gasteiger partial charge >= 0.3 is 0 Å². The Balaban J connectivity index is 2.99. The van der Waals surface area contributed by atoms with E-state index in [1.807, 2.05) is 18.4 Å². The zero-order chi connectivity index (χ0) is 11.6. The van der Waals surface area contributed by atoms with Crippen LogP contribution in [0.4, 0.5) is 0 Å². The van der Waals surface area contributed by atoms with Crippen molar-refractivity contribution in [2.24, 2.45) is 5.84 Å². The Morgan fingerprint density at radius 1 is 1.53 bits per heavy atom. The van der Waals surface area contributed by atoms with E-state index in [4.69, 9.17) is 5.84 Å². The van der Waals surface area contributed by atoms with E-state index in [1.54, 1.807) is 18.3 Å². The maximum Gasteiger partial charge on any atom is 0.151 e. The van der Waals surface area contributed by atoms with Crippen molar-refractivity contribution in [3.63, 3.8) is 0 Å². The lowest BCUT2D eigenvalue weighted by Crippen LogP contribution is -2.38. The molecule has 6 heteroatoms. The fourth-order valence-corrected chi connectivity index (χ4v) is 2.85. The summed E-state index contributed by atoms with van der Waals surface area (Å²) in [5.74, 6) is 5.40. The van der Waals surface area contributed by atoms with E-state index in [0.29, 0.717) is 0 Å². The summed E-state index contributed by atoms with van der Waals surface area (Å²) in [6.45, 7) is 3.64. The zero-order valence-electron chi connectivity index (χ0n) is 9.02. The van der Waals surface area contributed by atoms with Crippen LogP contribution in [0.15, 0.2) is 11.4 Å². The van der Waals surface area contributed by atoms with Crippen LogP contribution in [0.25, 0.3) is 0 Å². The van der Waals surface area contributed by atoms with Crippen molar-refractivity contribution < 1.29 is 8.42 Å². The second kappa shape index (κ2) is 4.61. The Morgan fingerprint density at radius 2 is 2.13 bits per heavy atom. The van der Waals surface area contributed by atoms with Crippen molar-refractivity contribution in [1.29, 1.82) is 0 Å². The predicted octanol–water partition coefficient (Wildman–Crippen LogP) is 0.994. The molecule has 2 atom stereocenters. The second-order valence-electron chi connectivity index (χ2n) is 3.67. The van der Waals surface area contributed by atoms with Crippen molar-refractivity contribution in [2.45, 2.75) is 25.1 Å². The summed E-state index contributed by atoms with van der Waals surface area (Å²) in [6, 6.07) is 1.61. The smallest absolute Gasteiger partial charge is 0.151 e. The van der Waals surface area contributed by atoms with Gasteiger partial charge in [-0.05, 0) is 30.9 Å².